The van der Waals surface area contributed by atoms with E-state index in [1.165, 1.54) is 24.3 Å². The van der Waals surface area contributed by atoms with Crippen molar-refractivity contribution in [1.29, 1.82) is 0 Å². The topological polar surface area (TPSA) is 158 Å². The predicted molar refractivity (Wildman–Crippen MR) is 141 cm³/mol. The number of amides is 2. The largest absolute Gasteiger partial charge is 0.481 e. The van der Waals surface area contributed by atoms with Gasteiger partial charge in [-0.1, -0.05) is 60.7 Å². The maximum atomic E-state index is 12.6. The monoisotopic (exact) mass is 514 g/mol. The van der Waals surface area contributed by atoms with Crippen LogP contribution in [-0.4, -0.2) is 45.4 Å². The van der Waals surface area contributed by atoms with Crippen LogP contribution in [0.25, 0.3) is 0 Å². The van der Waals surface area contributed by atoms with Crippen molar-refractivity contribution >= 4 is 35.2 Å². The predicted octanol–water partition coefficient (Wildman–Crippen LogP) is 3.68. The third kappa shape index (κ3) is 8.52. The van der Waals surface area contributed by atoms with Crippen LogP contribution in [0.15, 0.2) is 95.1 Å². The van der Waals surface area contributed by atoms with Crippen LogP contribution >= 0.6 is 0 Å². The van der Waals surface area contributed by atoms with Gasteiger partial charge in [-0.2, -0.15) is 10.2 Å². The number of aliphatic carboxylic acids is 2. The lowest BCUT2D eigenvalue weighted by Crippen LogP contribution is -2.22. The fourth-order valence-corrected chi connectivity index (χ4v) is 3.38. The Labute approximate surface area is 218 Å². The van der Waals surface area contributed by atoms with E-state index >= 15 is 0 Å². The molecule has 194 valence electrons. The quantitative estimate of drug-likeness (QED) is 0.213. The number of nitrogens with one attached hydrogen (secondary N) is 2. The van der Waals surface area contributed by atoms with E-state index in [1.807, 2.05) is 12.1 Å². The zero-order valence-corrected chi connectivity index (χ0v) is 20.3. The summed E-state index contributed by atoms with van der Waals surface area (Å²) in [5.41, 5.74) is 7.59. The highest BCUT2D eigenvalue weighted by Crippen LogP contribution is 2.10. The summed E-state index contributed by atoms with van der Waals surface area (Å²) in [5, 5.41) is 26.3. The van der Waals surface area contributed by atoms with Crippen LogP contribution in [0.2, 0.25) is 0 Å². The summed E-state index contributed by atoms with van der Waals surface area (Å²) in [4.78, 5) is 47.2. The van der Waals surface area contributed by atoms with Crippen molar-refractivity contribution in [3.8, 4) is 0 Å². The third-order valence-electron chi connectivity index (χ3n) is 5.36. The summed E-state index contributed by atoms with van der Waals surface area (Å²) in [6, 6.07) is 23.7. The van der Waals surface area contributed by atoms with Crippen LogP contribution in [0.1, 0.15) is 57.5 Å². The van der Waals surface area contributed by atoms with Gasteiger partial charge in [0.2, 0.25) is 0 Å². The molecule has 0 atom stereocenters. The molecule has 0 aliphatic heterocycles. The van der Waals surface area contributed by atoms with E-state index in [0.29, 0.717) is 22.6 Å². The molecule has 0 aliphatic carbocycles. The van der Waals surface area contributed by atoms with Crippen LogP contribution < -0.4 is 10.9 Å². The fourth-order valence-electron chi connectivity index (χ4n) is 3.38. The lowest BCUT2D eigenvalue weighted by Gasteiger charge is -2.08. The average molecular weight is 515 g/mol. The van der Waals surface area contributed by atoms with Crippen molar-refractivity contribution in [3.05, 3.63) is 107 Å². The Morgan fingerprint density at radius 1 is 0.500 bits per heavy atom. The Bertz CT molecular complexity index is 1230. The zero-order valence-electron chi connectivity index (χ0n) is 20.3. The smallest absolute Gasteiger partial charge is 0.303 e. The van der Waals surface area contributed by atoms with Gasteiger partial charge in [0.15, 0.2) is 0 Å². The summed E-state index contributed by atoms with van der Waals surface area (Å²) in [7, 11) is 0. The normalized spacial score (nSPS) is 11.5. The molecule has 0 unspecified atom stereocenters. The van der Waals surface area contributed by atoms with Gasteiger partial charge in [0.05, 0.1) is 24.3 Å². The second kappa shape index (κ2) is 13.8. The number of carbonyl (C=O) groups excluding carboxylic acids is 2. The van der Waals surface area contributed by atoms with Crippen molar-refractivity contribution in [2.24, 2.45) is 10.2 Å². The maximum Gasteiger partial charge on any atom is 0.303 e. The number of hydrogen-bond acceptors (Lipinski definition) is 6. The van der Waals surface area contributed by atoms with Gasteiger partial charge in [0.25, 0.3) is 11.8 Å². The number of hydrazone groups is 2. The first kappa shape index (κ1) is 27.5. The molecular formula is C28H26N4O6. The Kier molecular flexibility index (Phi) is 10.00. The first-order valence-electron chi connectivity index (χ1n) is 11.7. The summed E-state index contributed by atoms with van der Waals surface area (Å²) >= 11 is 0. The highest BCUT2D eigenvalue weighted by atomic mass is 16.4. The van der Waals surface area contributed by atoms with E-state index in [-0.39, 0.29) is 36.8 Å². The molecule has 0 saturated carbocycles. The summed E-state index contributed by atoms with van der Waals surface area (Å²) in [6.45, 7) is 0. The van der Waals surface area contributed by atoms with Crippen molar-refractivity contribution in [3.63, 3.8) is 0 Å². The zero-order chi connectivity index (χ0) is 27.3. The lowest BCUT2D eigenvalue weighted by atomic mass is 10.1. The first-order valence-corrected chi connectivity index (χ1v) is 11.7. The molecule has 3 aromatic carbocycles. The van der Waals surface area contributed by atoms with Crippen molar-refractivity contribution in [2.75, 3.05) is 0 Å². The second-order valence-electron chi connectivity index (χ2n) is 8.10. The summed E-state index contributed by atoms with van der Waals surface area (Å²) in [5.74, 6) is -3.01. The molecule has 4 N–H and O–H groups in total. The molecule has 3 rings (SSSR count). The van der Waals surface area contributed by atoms with E-state index < -0.39 is 23.8 Å². The highest BCUT2D eigenvalue weighted by Gasteiger charge is 2.12. The van der Waals surface area contributed by atoms with Gasteiger partial charge < -0.3 is 10.2 Å². The van der Waals surface area contributed by atoms with Crippen LogP contribution in [0.3, 0.4) is 0 Å². The van der Waals surface area contributed by atoms with Gasteiger partial charge in [-0.25, -0.2) is 10.9 Å². The molecule has 38 heavy (non-hydrogen) atoms. The number of benzene rings is 3. The van der Waals surface area contributed by atoms with E-state index in [4.69, 9.17) is 10.2 Å². The van der Waals surface area contributed by atoms with E-state index in [9.17, 15) is 19.2 Å². The van der Waals surface area contributed by atoms with Gasteiger partial charge in [0, 0.05) is 24.0 Å². The Balaban J connectivity index is 1.67. The SMILES string of the molecule is O=C(O)CC/C(=N/NC(=O)c1ccc(C(=O)N/N=C(\CCC(=O)O)c2ccccc2)cc1)c1ccccc1. The molecular weight excluding hydrogens is 488 g/mol. The Morgan fingerprint density at radius 3 is 1.16 bits per heavy atom. The van der Waals surface area contributed by atoms with Gasteiger partial charge in [-0.05, 0) is 35.4 Å². The van der Waals surface area contributed by atoms with Gasteiger partial charge in [-0.15, -0.1) is 0 Å². The number of hydrogen-bond donors (Lipinski definition) is 4. The maximum absolute atomic E-state index is 12.6. The Hall–Kier alpha value is -5.12. The molecule has 0 fully saturated rings. The molecule has 0 radical (unpaired) electrons. The number of carboxylic acid groups (broad SMARTS) is 2. The molecule has 0 heterocycles. The molecule has 0 aliphatic rings. The van der Waals surface area contributed by atoms with E-state index in [1.54, 1.807) is 48.5 Å². The molecule has 0 bridgehead atoms. The van der Waals surface area contributed by atoms with Crippen molar-refractivity contribution in [1.82, 2.24) is 10.9 Å². The minimum atomic E-state index is -0.976. The molecule has 0 aromatic heterocycles. The van der Waals surface area contributed by atoms with Crippen molar-refractivity contribution < 1.29 is 29.4 Å². The van der Waals surface area contributed by atoms with Gasteiger partial charge in [-0.3, -0.25) is 19.2 Å². The van der Waals surface area contributed by atoms with Gasteiger partial charge in [0.1, 0.15) is 0 Å². The van der Waals surface area contributed by atoms with E-state index in [0.717, 1.165) is 0 Å². The van der Waals surface area contributed by atoms with Crippen LogP contribution in [0.4, 0.5) is 0 Å². The minimum absolute atomic E-state index is 0.136. The molecule has 10 nitrogen and oxygen atoms in total. The number of carbonyl (C=O) groups is 4. The molecule has 0 saturated heterocycles. The van der Waals surface area contributed by atoms with Crippen LogP contribution in [0, 0.1) is 0 Å². The number of carboxylic acids is 2. The summed E-state index contributed by atoms with van der Waals surface area (Å²) in [6.07, 6.45) is -0.0102. The van der Waals surface area contributed by atoms with Crippen LogP contribution in [-0.2, 0) is 9.59 Å². The fraction of sp³-hybridized carbons (Fsp3) is 0.143. The number of nitrogens with zero attached hydrogens (tertiary/aromatic N) is 2. The van der Waals surface area contributed by atoms with E-state index in [2.05, 4.69) is 21.1 Å². The van der Waals surface area contributed by atoms with Gasteiger partial charge >= 0.3 is 11.9 Å². The molecule has 3 aromatic rings. The number of rotatable bonds is 12. The second-order valence-corrected chi connectivity index (χ2v) is 8.10. The van der Waals surface area contributed by atoms with Crippen molar-refractivity contribution in [2.45, 2.75) is 25.7 Å². The highest BCUT2D eigenvalue weighted by molar-refractivity contribution is 6.04. The third-order valence-corrected chi connectivity index (χ3v) is 5.36. The molecule has 10 heteroatoms. The first-order chi connectivity index (χ1) is 18.3. The average Bonchev–Trinajstić information content (AvgIpc) is 2.93. The van der Waals surface area contributed by atoms with Crippen LogP contribution in [0.5, 0.6) is 0 Å². The lowest BCUT2D eigenvalue weighted by molar-refractivity contribution is -0.137. The standard InChI is InChI=1S/C28H26N4O6/c33-25(34)17-15-23(19-7-3-1-4-8-19)29-31-27(37)21-11-13-22(14-12-21)28(38)32-30-24(16-18-26(35)36)20-9-5-2-6-10-20/h1-14H,15-18H2,(H,31,37)(H,32,38)(H,33,34)(H,35,36)/b29-23-,30-24+. The minimum Gasteiger partial charge on any atom is -0.481 e. The molecule has 2 amide bonds. The summed E-state index contributed by atoms with van der Waals surface area (Å²) < 4.78 is 0. The Morgan fingerprint density at radius 2 is 0.842 bits per heavy atom. The molecule has 0 spiro atoms.